The molecule has 1 aromatic heterocycles. The van der Waals surface area contributed by atoms with Crippen LogP contribution in [0.2, 0.25) is 0 Å². The highest BCUT2D eigenvalue weighted by atomic mass is 32.2. The standard InChI is InChI=1S/C20H19N5O4S2/c1-11-8-13(12(2)24(11)14-6-5-7-15(10-14)29-3)9-16-17(21)25-19(22-18(16)26)30-23-20(25)31(4,27)28/h5-10,21H,1-4H3/b16-9-,21-17?. The van der Waals surface area contributed by atoms with Crippen molar-refractivity contribution in [3.63, 3.8) is 0 Å². The van der Waals surface area contributed by atoms with E-state index < -0.39 is 15.7 Å². The number of nitrogens with zero attached hydrogens (tertiary/aromatic N) is 4. The molecule has 2 aliphatic rings. The Morgan fingerprint density at radius 1 is 1.23 bits per heavy atom. The van der Waals surface area contributed by atoms with Crippen molar-refractivity contribution in [1.29, 1.82) is 5.41 Å². The number of methoxy groups -OCH3 is 1. The van der Waals surface area contributed by atoms with Gasteiger partial charge >= 0.3 is 0 Å². The lowest BCUT2D eigenvalue weighted by Gasteiger charge is -2.23. The van der Waals surface area contributed by atoms with Gasteiger partial charge in [0.05, 0.1) is 24.6 Å². The summed E-state index contributed by atoms with van der Waals surface area (Å²) in [6.45, 7) is 3.84. The Morgan fingerprint density at radius 2 is 1.97 bits per heavy atom. The van der Waals surface area contributed by atoms with Crippen LogP contribution in [0.5, 0.6) is 5.75 Å². The molecule has 160 valence electrons. The highest BCUT2D eigenvalue weighted by Crippen LogP contribution is 2.31. The number of ether oxygens (including phenoxy) is 1. The van der Waals surface area contributed by atoms with Gasteiger partial charge in [-0.05, 0) is 43.7 Å². The van der Waals surface area contributed by atoms with Crippen LogP contribution in [0, 0.1) is 19.3 Å². The van der Waals surface area contributed by atoms with Crippen LogP contribution in [-0.4, -0.2) is 53.3 Å². The van der Waals surface area contributed by atoms with Crippen molar-refractivity contribution in [2.75, 3.05) is 13.4 Å². The topological polar surface area (TPSA) is 117 Å². The molecule has 2 aliphatic heterocycles. The number of carbonyl (C=O) groups excluding carboxylic acids is 1. The van der Waals surface area contributed by atoms with E-state index in [2.05, 4.69) is 9.39 Å². The van der Waals surface area contributed by atoms with Crippen LogP contribution in [0.15, 0.2) is 45.3 Å². The Bertz CT molecular complexity index is 1340. The van der Waals surface area contributed by atoms with Gasteiger partial charge in [0, 0.05) is 29.4 Å². The first-order valence-corrected chi connectivity index (χ1v) is 11.8. The van der Waals surface area contributed by atoms with Crippen molar-refractivity contribution < 1.29 is 17.9 Å². The number of benzene rings is 1. The highest BCUT2D eigenvalue weighted by molar-refractivity contribution is 8.16. The zero-order chi connectivity index (χ0) is 22.5. The third kappa shape index (κ3) is 3.59. The monoisotopic (exact) mass is 457 g/mol. The molecule has 4 rings (SSSR count). The van der Waals surface area contributed by atoms with Crippen molar-refractivity contribution in [2.24, 2.45) is 9.39 Å². The first kappa shape index (κ1) is 21.1. The fourth-order valence-electron chi connectivity index (χ4n) is 3.47. The average molecular weight is 458 g/mol. The fraction of sp³-hybridized carbons (Fsp3) is 0.200. The second kappa shape index (κ2) is 7.50. The van der Waals surface area contributed by atoms with E-state index in [4.69, 9.17) is 10.1 Å². The van der Waals surface area contributed by atoms with Gasteiger partial charge < -0.3 is 9.30 Å². The maximum Gasteiger partial charge on any atom is 0.283 e. The largest absolute Gasteiger partial charge is 0.497 e. The van der Waals surface area contributed by atoms with E-state index in [0.29, 0.717) is 0 Å². The summed E-state index contributed by atoms with van der Waals surface area (Å²) in [5.41, 5.74) is 3.38. The Balaban J connectivity index is 1.78. The Labute approximate surface area is 183 Å². The third-order valence-electron chi connectivity index (χ3n) is 4.91. The molecule has 9 nitrogen and oxygen atoms in total. The zero-order valence-electron chi connectivity index (χ0n) is 17.2. The van der Waals surface area contributed by atoms with Crippen molar-refractivity contribution in [1.82, 2.24) is 9.47 Å². The Kier molecular flexibility index (Phi) is 5.10. The van der Waals surface area contributed by atoms with E-state index in [0.717, 1.165) is 51.5 Å². The number of amidine groups is 3. The maximum absolute atomic E-state index is 12.6. The molecule has 3 heterocycles. The second-order valence-electron chi connectivity index (χ2n) is 7.04. The van der Waals surface area contributed by atoms with Gasteiger partial charge in [-0.15, -0.1) is 0 Å². The first-order valence-electron chi connectivity index (χ1n) is 9.14. The van der Waals surface area contributed by atoms with Crippen LogP contribution in [0.4, 0.5) is 0 Å². The number of hydrogen-bond donors (Lipinski definition) is 1. The minimum absolute atomic E-state index is 0.00603. The van der Waals surface area contributed by atoms with Gasteiger partial charge in [-0.2, -0.15) is 9.39 Å². The number of sulfone groups is 1. The molecule has 0 unspecified atom stereocenters. The molecule has 1 N–H and O–H groups in total. The normalized spacial score (nSPS) is 17.7. The van der Waals surface area contributed by atoms with Gasteiger partial charge in [0.2, 0.25) is 20.2 Å². The number of aliphatic imine (C=N–C) groups is 1. The number of fused-ring (bicyclic) bond motifs is 1. The molecule has 1 aromatic carbocycles. The molecule has 0 saturated heterocycles. The molecule has 0 atom stereocenters. The Morgan fingerprint density at radius 3 is 2.65 bits per heavy atom. The van der Waals surface area contributed by atoms with Crippen LogP contribution in [0.25, 0.3) is 11.8 Å². The zero-order valence-corrected chi connectivity index (χ0v) is 18.8. The van der Waals surface area contributed by atoms with Gasteiger partial charge in [-0.1, -0.05) is 6.07 Å². The van der Waals surface area contributed by atoms with Gasteiger partial charge in [0.1, 0.15) is 11.6 Å². The average Bonchev–Trinajstić information content (AvgIpc) is 3.26. The summed E-state index contributed by atoms with van der Waals surface area (Å²) >= 11 is 0.767. The summed E-state index contributed by atoms with van der Waals surface area (Å²) in [4.78, 5) is 17.6. The summed E-state index contributed by atoms with van der Waals surface area (Å²) in [7, 11) is -2.09. The number of rotatable bonds is 3. The minimum atomic E-state index is -3.69. The van der Waals surface area contributed by atoms with Crippen LogP contribution in [0.1, 0.15) is 17.0 Å². The van der Waals surface area contributed by atoms with Gasteiger partial charge in [0.15, 0.2) is 0 Å². The predicted octanol–water partition coefficient (Wildman–Crippen LogP) is 2.72. The molecule has 0 bridgehead atoms. The number of nitrogens with one attached hydrogen (secondary N) is 1. The van der Waals surface area contributed by atoms with Crippen LogP contribution >= 0.6 is 11.9 Å². The van der Waals surface area contributed by atoms with Crippen molar-refractivity contribution >= 4 is 49.9 Å². The third-order valence-corrected chi connectivity index (χ3v) is 6.66. The molecule has 2 aromatic rings. The smallest absolute Gasteiger partial charge is 0.283 e. The summed E-state index contributed by atoms with van der Waals surface area (Å²) in [6.07, 6.45) is 2.57. The number of aryl methyl sites for hydroxylation is 1. The van der Waals surface area contributed by atoms with E-state index >= 15 is 0 Å². The number of hydrogen-bond acceptors (Lipinski definition) is 7. The van der Waals surface area contributed by atoms with E-state index in [1.165, 1.54) is 0 Å². The molecule has 0 spiro atoms. The molecule has 11 heteroatoms. The SMILES string of the molecule is COc1cccc(-n2c(C)cc(/C=C3/C(=N)N4C(=NC3=O)SN=C4S(C)(=O)=O)c2C)c1. The molecule has 0 fully saturated rings. The summed E-state index contributed by atoms with van der Waals surface area (Å²) in [6, 6.07) is 9.48. The number of amides is 1. The quantitative estimate of drug-likeness (QED) is 0.559. The number of carbonyl (C=O) groups is 1. The predicted molar refractivity (Wildman–Crippen MR) is 122 cm³/mol. The lowest BCUT2D eigenvalue weighted by atomic mass is 10.1. The molecule has 1 amide bonds. The van der Waals surface area contributed by atoms with Gasteiger partial charge in [-0.3, -0.25) is 10.2 Å². The molecule has 0 saturated carbocycles. The first-order chi connectivity index (χ1) is 14.6. The van der Waals surface area contributed by atoms with Crippen LogP contribution in [-0.2, 0) is 14.6 Å². The van der Waals surface area contributed by atoms with Gasteiger partial charge in [-0.25, -0.2) is 13.3 Å². The van der Waals surface area contributed by atoms with Crippen molar-refractivity contribution in [2.45, 2.75) is 13.8 Å². The van der Waals surface area contributed by atoms with Crippen molar-refractivity contribution in [3.8, 4) is 11.4 Å². The van der Waals surface area contributed by atoms with E-state index in [9.17, 15) is 13.2 Å². The highest BCUT2D eigenvalue weighted by Gasteiger charge is 2.41. The fourth-order valence-corrected chi connectivity index (χ4v) is 5.32. The van der Waals surface area contributed by atoms with E-state index in [1.54, 1.807) is 13.2 Å². The number of aromatic nitrogens is 1. The summed E-state index contributed by atoms with van der Waals surface area (Å²) < 4.78 is 35.3. The molecule has 31 heavy (non-hydrogen) atoms. The van der Waals surface area contributed by atoms with E-state index in [1.807, 2.05) is 48.7 Å². The molecular formula is C20H19N5O4S2. The van der Waals surface area contributed by atoms with Gasteiger partial charge in [0.25, 0.3) is 5.91 Å². The van der Waals surface area contributed by atoms with Crippen LogP contribution in [0.3, 0.4) is 0 Å². The summed E-state index contributed by atoms with van der Waals surface area (Å²) in [5.74, 6) is -0.162. The lowest BCUT2D eigenvalue weighted by molar-refractivity contribution is -0.114. The van der Waals surface area contributed by atoms with Crippen molar-refractivity contribution in [3.05, 3.63) is 52.9 Å². The molecular weight excluding hydrogens is 438 g/mol. The van der Waals surface area contributed by atoms with E-state index in [-0.39, 0.29) is 21.7 Å². The summed E-state index contributed by atoms with van der Waals surface area (Å²) in [5, 5.41) is 8.25. The lowest BCUT2D eigenvalue weighted by Crippen LogP contribution is -2.45. The molecule has 0 aliphatic carbocycles. The Hall–Kier alpha value is -3.18. The maximum atomic E-state index is 12.6. The molecule has 0 radical (unpaired) electrons. The van der Waals surface area contributed by atoms with Crippen LogP contribution < -0.4 is 4.74 Å². The minimum Gasteiger partial charge on any atom is -0.497 e. The second-order valence-corrected chi connectivity index (χ2v) is 9.68.